The van der Waals surface area contributed by atoms with Crippen LogP contribution in [0, 0.1) is 11.8 Å². The van der Waals surface area contributed by atoms with Crippen molar-refractivity contribution in [2.45, 2.75) is 12.2 Å². The van der Waals surface area contributed by atoms with Gasteiger partial charge in [-0.05, 0) is 18.2 Å². The van der Waals surface area contributed by atoms with Gasteiger partial charge < -0.3 is 10.2 Å². The minimum atomic E-state index is -4.74. The lowest BCUT2D eigenvalue weighted by atomic mass is 9.85. The predicted molar refractivity (Wildman–Crippen MR) is 110 cm³/mol. The molecular weight excluding hydrogens is 457 g/mol. The number of allylic oxidation sites excluding steroid dienone is 1. The highest BCUT2D eigenvalue weighted by Crippen LogP contribution is 2.44. The van der Waals surface area contributed by atoms with E-state index in [1.807, 2.05) is 0 Å². The van der Waals surface area contributed by atoms with Crippen molar-refractivity contribution < 1.29 is 42.6 Å². The number of nitrogens with zero attached hydrogens (tertiary/aromatic N) is 2. The van der Waals surface area contributed by atoms with Gasteiger partial charge in [0.05, 0.1) is 34.4 Å². The highest BCUT2D eigenvalue weighted by molar-refractivity contribution is 6.42. The van der Waals surface area contributed by atoms with Gasteiger partial charge in [0.15, 0.2) is 11.8 Å². The number of amides is 2. The van der Waals surface area contributed by atoms with Gasteiger partial charge in [0, 0.05) is 11.1 Å². The van der Waals surface area contributed by atoms with Crippen molar-refractivity contribution in [3.05, 3.63) is 70.8 Å². The molecule has 8 nitrogen and oxygen atoms in total. The van der Waals surface area contributed by atoms with E-state index in [1.54, 1.807) is 12.1 Å². The van der Waals surface area contributed by atoms with Crippen molar-refractivity contribution in [2.75, 3.05) is 4.90 Å². The third-order valence-electron chi connectivity index (χ3n) is 6.10. The Bertz CT molecular complexity index is 1380. The molecule has 1 fully saturated rings. The van der Waals surface area contributed by atoms with E-state index in [9.17, 15) is 42.6 Å². The summed E-state index contributed by atoms with van der Waals surface area (Å²) in [4.78, 5) is 55.7. The lowest BCUT2D eigenvalue weighted by Crippen LogP contribution is -2.36. The molecular formula is C23H13F3N2O6. The zero-order chi connectivity index (χ0) is 24.5. The lowest BCUT2D eigenvalue weighted by Gasteiger charge is -2.18. The van der Waals surface area contributed by atoms with E-state index < -0.39 is 64.5 Å². The Hall–Kier alpha value is -4.28. The number of halogens is 3. The number of anilines is 1. The number of aliphatic carboxylic acids is 1. The minimum Gasteiger partial charge on any atom is -0.506 e. The number of hydrogen-bond donors (Lipinski definition) is 2. The number of imide groups is 1. The van der Waals surface area contributed by atoms with Gasteiger partial charge >= 0.3 is 12.1 Å². The van der Waals surface area contributed by atoms with Gasteiger partial charge in [-0.15, -0.1) is 0 Å². The van der Waals surface area contributed by atoms with E-state index in [0.717, 1.165) is 18.2 Å². The fourth-order valence-electron chi connectivity index (χ4n) is 4.61. The molecule has 1 aliphatic carbocycles. The maximum absolute atomic E-state index is 13.3. The molecule has 2 amide bonds. The summed E-state index contributed by atoms with van der Waals surface area (Å²) in [5.41, 5.74) is -1.99. The smallest absolute Gasteiger partial charge is 0.416 e. The molecule has 2 N–H and O–H groups in total. The molecule has 0 aromatic heterocycles. The van der Waals surface area contributed by atoms with Crippen LogP contribution in [0.5, 0.6) is 0 Å². The highest BCUT2D eigenvalue weighted by atomic mass is 19.4. The molecule has 5 rings (SSSR count). The van der Waals surface area contributed by atoms with E-state index in [-0.39, 0.29) is 22.5 Å². The summed E-state index contributed by atoms with van der Waals surface area (Å²) in [6, 6.07) is 7.73. The molecule has 11 heteroatoms. The van der Waals surface area contributed by atoms with Crippen molar-refractivity contribution in [1.82, 2.24) is 0 Å². The van der Waals surface area contributed by atoms with Crippen LogP contribution >= 0.6 is 0 Å². The first kappa shape index (κ1) is 21.6. The van der Waals surface area contributed by atoms with Gasteiger partial charge in [0.25, 0.3) is 0 Å². The number of carbonyl (C=O) groups excluding carboxylic acids is 3. The number of ketones is 1. The number of aliphatic imine (C=N–C) groups is 1. The topological polar surface area (TPSA) is 124 Å². The second-order valence-corrected chi connectivity index (χ2v) is 7.96. The number of rotatable bonds is 3. The van der Waals surface area contributed by atoms with Crippen LogP contribution in [0.1, 0.15) is 21.5 Å². The van der Waals surface area contributed by atoms with E-state index in [4.69, 9.17) is 0 Å². The molecule has 2 aromatic rings. The van der Waals surface area contributed by atoms with E-state index in [1.165, 1.54) is 12.1 Å². The van der Waals surface area contributed by atoms with Gasteiger partial charge in [-0.3, -0.25) is 19.4 Å². The molecule has 0 radical (unpaired) electrons. The molecule has 3 atom stereocenters. The average Bonchev–Trinajstić information content (AvgIpc) is 3.38. The van der Waals surface area contributed by atoms with Crippen LogP contribution in [0.3, 0.4) is 0 Å². The first-order chi connectivity index (χ1) is 16.0. The SMILES string of the molecule is O=C1C(C2=N[C@@H](C(=O)O)[C@@H]3C(=O)N(c4cccc(C(F)(F)F)c4)C(=O)[C@H]23)=C(O)c2ccccc21. The fraction of sp³-hybridized carbons (Fsp3) is 0.174. The number of fused-ring (bicyclic) bond motifs is 2. The molecule has 34 heavy (non-hydrogen) atoms. The maximum atomic E-state index is 13.3. The molecule has 3 aliphatic rings. The van der Waals surface area contributed by atoms with Gasteiger partial charge in [0.1, 0.15) is 5.76 Å². The van der Waals surface area contributed by atoms with Crippen LogP contribution in [0.4, 0.5) is 18.9 Å². The van der Waals surface area contributed by atoms with Crippen molar-refractivity contribution in [2.24, 2.45) is 16.8 Å². The number of benzene rings is 2. The number of carboxylic acid groups (broad SMARTS) is 1. The first-order valence-corrected chi connectivity index (χ1v) is 9.95. The van der Waals surface area contributed by atoms with Crippen LogP contribution in [0.2, 0.25) is 0 Å². The Kier molecular flexibility index (Phi) is 4.51. The fourth-order valence-corrected chi connectivity index (χ4v) is 4.61. The van der Waals surface area contributed by atoms with Crippen molar-refractivity contribution in [3.63, 3.8) is 0 Å². The van der Waals surface area contributed by atoms with E-state index in [0.29, 0.717) is 11.0 Å². The molecule has 2 heterocycles. The van der Waals surface area contributed by atoms with Gasteiger partial charge in [-0.25, -0.2) is 9.69 Å². The van der Waals surface area contributed by atoms with Crippen LogP contribution in [0.25, 0.3) is 5.76 Å². The number of Topliss-reactive ketones (excluding diaryl/α,β-unsaturated/α-hetero) is 1. The zero-order valence-electron chi connectivity index (χ0n) is 16.9. The van der Waals surface area contributed by atoms with Gasteiger partial charge in [-0.1, -0.05) is 30.3 Å². The Morgan fingerprint density at radius 3 is 2.26 bits per heavy atom. The molecule has 0 spiro atoms. The Morgan fingerprint density at radius 2 is 1.65 bits per heavy atom. The molecule has 0 bridgehead atoms. The predicted octanol–water partition coefficient (Wildman–Crippen LogP) is 2.88. The summed E-state index contributed by atoms with van der Waals surface area (Å²) in [7, 11) is 0. The quantitative estimate of drug-likeness (QED) is 0.665. The largest absolute Gasteiger partial charge is 0.506 e. The van der Waals surface area contributed by atoms with Gasteiger partial charge in [0.2, 0.25) is 11.8 Å². The Morgan fingerprint density at radius 1 is 0.971 bits per heavy atom. The molecule has 0 saturated carbocycles. The number of hydrogen-bond acceptors (Lipinski definition) is 6. The molecule has 172 valence electrons. The zero-order valence-corrected chi connectivity index (χ0v) is 16.9. The number of aliphatic hydroxyl groups is 1. The molecule has 0 unspecified atom stereocenters. The van der Waals surface area contributed by atoms with Crippen LogP contribution in [0.15, 0.2) is 59.1 Å². The third-order valence-corrected chi connectivity index (χ3v) is 6.10. The molecule has 2 aliphatic heterocycles. The monoisotopic (exact) mass is 470 g/mol. The van der Waals surface area contributed by atoms with Gasteiger partial charge in [-0.2, -0.15) is 13.2 Å². The van der Waals surface area contributed by atoms with Crippen LogP contribution in [-0.2, 0) is 20.6 Å². The molecule has 2 aromatic carbocycles. The summed E-state index contributed by atoms with van der Waals surface area (Å²) in [6.45, 7) is 0. The second-order valence-electron chi connectivity index (χ2n) is 7.96. The highest BCUT2D eigenvalue weighted by Gasteiger charge is 2.61. The second kappa shape index (κ2) is 7.11. The van der Waals surface area contributed by atoms with E-state index >= 15 is 0 Å². The standard InChI is InChI=1S/C23H13F3N2O6/c24-23(25,26)9-4-3-5-10(8-9)28-20(31)13-14(21(28)32)17(22(33)34)27-16(13)15-18(29)11-6-1-2-7-12(11)19(15)30/h1-8,13-14,17,29H,(H,33,34)/t13-,14+,17+/m0/s1. The number of aliphatic hydroxyl groups excluding tert-OH is 1. The summed E-state index contributed by atoms with van der Waals surface area (Å²) >= 11 is 0. The first-order valence-electron chi connectivity index (χ1n) is 9.95. The Labute approximate surface area is 188 Å². The van der Waals surface area contributed by atoms with Crippen LogP contribution < -0.4 is 4.90 Å². The summed E-state index contributed by atoms with van der Waals surface area (Å²) in [5.74, 6) is -7.98. The van der Waals surface area contributed by atoms with Crippen LogP contribution in [-0.4, -0.2) is 45.5 Å². The normalized spacial score (nSPS) is 24.0. The van der Waals surface area contributed by atoms with Crippen molar-refractivity contribution in [1.29, 1.82) is 0 Å². The summed E-state index contributed by atoms with van der Waals surface area (Å²) < 4.78 is 39.5. The Balaban J connectivity index is 1.62. The molecule has 1 saturated heterocycles. The number of carbonyl (C=O) groups is 4. The summed E-state index contributed by atoms with van der Waals surface area (Å²) in [6.07, 6.45) is -4.74. The third kappa shape index (κ3) is 2.89. The maximum Gasteiger partial charge on any atom is 0.416 e. The van der Waals surface area contributed by atoms with Crippen molar-refractivity contribution >= 4 is 40.7 Å². The average molecular weight is 470 g/mol. The summed E-state index contributed by atoms with van der Waals surface area (Å²) in [5, 5.41) is 20.3. The minimum absolute atomic E-state index is 0.111. The van der Waals surface area contributed by atoms with Crippen molar-refractivity contribution in [3.8, 4) is 0 Å². The van der Waals surface area contributed by atoms with E-state index in [2.05, 4.69) is 4.99 Å². The number of alkyl halides is 3. The number of carboxylic acids is 1. The lowest BCUT2D eigenvalue weighted by molar-refractivity contribution is -0.141.